The highest BCUT2D eigenvalue weighted by Gasteiger charge is 2.11. The summed E-state index contributed by atoms with van der Waals surface area (Å²) in [4.78, 5) is 22.1. The highest BCUT2D eigenvalue weighted by molar-refractivity contribution is 5.75. The summed E-state index contributed by atoms with van der Waals surface area (Å²) in [5, 5.41) is 16.5. The largest absolute Gasteiger partial charge is 0.493 e. The number of nitro benzene ring substituents is 1. The lowest BCUT2D eigenvalue weighted by atomic mass is 10.1. The smallest absolute Gasteiger partial charge is 0.387 e. The number of methoxy groups -OCH3 is 1. The van der Waals surface area contributed by atoms with E-state index in [-0.39, 0.29) is 23.1 Å². The molecular weight excluding hydrogens is 400 g/mol. The number of ether oxygens (including phenoxy) is 2. The van der Waals surface area contributed by atoms with Gasteiger partial charge in [-0.05, 0) is 42.7 Å². The number of halogens is 2. The zero-order chi connectivity index (χ0) is 21.9. The number of hydrogen-bond donors (Lipinski definition) is 2. The SMILES string of the molecule is COc1ccc(CCNC(=O)CCCNc2ccc([N+](=O)[O-])cc2)cc1OC(F)F. The Hall–Kier alpha value is -3.43. The van der Waals surface area contributed by atoms with Crippen molar-refractivity contribution >= 4 is 17.3 Å². The van der Waals surface area contributed by atoms with Gasteiger partial charge in [0.05, 0.1) is 12.0 Å². The third-order valence-electron chi connectivity index (χ3n) is 4.17. The molecule has 0 heterocycles. The Labute approximate surface area is 172 Å². The van der Waals surface area contributed by atoms with Gasteiger partial charge in [-0.2, -0.15) is 8.78 Å². The van der Waals surface area contributed by atoms with Crippen LogP contribution in [0.2, 0.25) is 0 Å². The monoisotopic (exact) mass is 423 g/mol. The second-order valence-electron chi connectivity index (χ2n) is 6.30. The molecule has 2 aromatic rings. The number of rotatable bonds is 12. The Balaban J connectivity index is 1.68. The molecule has 0 aliphatic carbocycles. The first kappa shape index (κ1) is 22.9. The quantitative estimate of drug-likeness (QED) is 0.306. The second-order valence-corrected chi connectivity index (χ2v) is 6.30. The Kier molecular flexibility index (Phi) is 8.79. The number of anilines is 1. The molecule has 8 nitrogen and oxygen atoms in total. The van der Waals surface area contributed by atoms with Crippen molar-refractivity contribution < 1.29 is 28.0 Å². The van der Waals surface area contributed by atoms with Crippen molar-refractivity contribution in [2.45, 2.75) is 25.9 Å². The van der Waals surface area contributed by atoms with Gasteiger partial charge in [0.25, 0.3) is 5.69 Å². The predicted molar refractivity (Wildman–Crippen MR) is 107 cm³/mol. The van der Waals surface area contributed by atoms with Crippen LogP contribution in [0, 0.1) is 10.1 Å². The molecule has 2 N–H and O–H groups in total. The molecular formula is C20H23F2N3O5. The van der Waals surface area contributed by atoms with Gasteiger partial charge in [-0.15, -0.1) is 0 Å². The van der Waals surface area contributed by atoms with Crippen LogP contribution in [-0.2, 0) is 11.2 Å². The molecule has 0 spiro atoms. The molecule has 0 atom stereocenters. The number of carbonyl (C=O) groups excluding carboxylic acids is 1. The number of hydrogen-bond acceptors (Lipinski definition) is 6. The van der Waals surface area contributed by atoms with Gasteiger partial charge in [0, 0.05) is 37.3 Å². The van der Waals surface area contributed by atoms with Crippen LogP contribution in [0.3, 0.4) is 0 Å². The first-order valence-corrected chi connectivity index (χ1v) is 9.26. The Morgan fingerprint density at radius 2 is 1.87 bits per heavy atom. The fourth-order valence-electron chi connectivity index (χ4n) is 2.68. The van der Waals surface area contributed by atoms with Crippen LogP contribution in [0.1, 0.15) is 18.4 Å². The Morgan fingerprint density at radius 3 is 2.50 bits per heavy atom. The summed E-state index contributed by atoms with van der Waals surface area (Å²) in [6.45, 7) is -2.05. The van der Waals surface area contributed by atoms with Gasteiger partial charge in [0.2, 0.25) is 5.91 Å². The van der Waals surface area contributed by atoms with Crippen LogP contribution in [-0.4, -0.2) is 37.6 Å². The molecule has 30 heavy (non-hydrogen) atoms. The average molecular weight is 423 g/mol. The van der Waals surface area contributed by atoms with Crippen molar-refractivity contribution in [2.24, 2.45) is 0 Å². The number of nitro groups is 1. The first-order chi connectivity index (χ1) is 14.4. The third-order valence-corrected chi connectivity index (χ3v) is 4.17. The van der Waals surface area contributed by atoms with E-state index in [0.717, 1.165) is 11.3 Å². The van der Waals surface area contributed by atoms with Gasteiger partial charge in [0.15, 0.2) is 11.5 Å². The van der Waals surface area contributed by atoms with E-state index in [9.17, 15) is 23.7 Å². The summed E-state index contributed by atoms with van der Waals surface area (Å²) in [6.07, 6.45) is 1.34. The van der Waals surface area contributed by atoms with E-state index in [1.807, 2.05) is 0 Å². The molecule has 2 aromatic carbocycles. The first-order valence-electron chi connectivity index (χ1n) is 9.26. The standard InChI is InChI=1S/C20H23F2N3O5/c1-29-17-9-4-14(13-18(17)30-20(21)22)10-12-24-19(26)3-2-11-23-15-5-7-16(8-6-15)25(27)28/h4-9,13,20,23H,2-3,10-12H2,1H3,(H,24,26). The number of benzene rings is 2. The van der Waals surface area contributed by atoms with Gasteiger partial charge >= 0.3 is 6.61 Å². The molecule has 0 fully saturated rings. The summed E-state index contributed by atoms with van der Waals surface area (Å²) < 4.78 is 34.4. The van der Waals surface area contributed by atoms with Gasteiger partial charge in [-0.3, -0.25) is 14.9 Å². The van der Waals surface area contributed by atoms with Gasteiger partial charge in [-0.1, -0.05) is 6.07 Å². The summed E-state index contributed by atoms with van der Waals surface area (Å²) >= 11 is 0. The van der Waals surface area contributed by atoms with E-state index in [2.05, 4.69) is 15.4 Å². The molecule has 0 unspecified atom stereocenters. The van der Waals surface area contributed by atoms with Crippen LogP contribution < -0.4 is 20.1 Å². The van der Waals surface area contributed by atoms with E-state index in [1.165, 1.54) is 25.3 Å². The van der Waals surface area contributed by atoms with Crippen molar-refractivity contribution in [3.63, 3.8) is 0 Å². The van der Waals surface area contributed by atoms with E-state index in [0.29, 0.717) is 32.4 Å². The maximum absolute atomic E-state index is 12.5. The van der Waals surface area contributed by atoms with E-state index in [4.69, 9.17) is 4.74 Å². The number of carbonyl (C=O) groups is 1. The van der Waals surface area contributed by atoms with Crippen LogP contribution in [0.5, 0.6) is 11.5 Å². The van der Waals surface area contributed by atoms with E-state index >= 15 is 0 Å². The molecule has 0 saturated carbocycles. The second kappa shape index (κ2) is 11.5. The lowest BCUT2D eigenvalue weighted by Crippen LogP contribution is -2.26. The van der Waals surface area contributed by atoms with E-state index < -0.39 is 11.5 Å². The summed E-state index contributed by atoms with van der Waals surface area (Å²) in [5.74, 6) is 0.0373. The van der Waals surface area contributed by atoms with Crippen LogP contribution in [0.25, 0.3) is 0 Å². The lowest BCUT2D eigenvalue weighted by molar-refractivity contribution is -0.384. The zero-order valence-corrected chi connectivity index (χ0v) is 16.4. The minimum atomic E-state index is -2.95. The molecule has 0 aromatic heterocycles. The van der Waals surface area contributed by atoms with Gasteiger partial charge in [-0.25, -0.2) is 0 Å². The molecule has 1 amide bonds. The zero-order valence-electron chi connectivity index (χ0n) is 16.4. The molecule has 0 radical (unpaired) electrons. The molecule has 0 bridgehead atoms. The minimum absolute atomic E-state index is 0.0182. The molecule has 162 valence electrons. The van der Waals surface area contributed by atoms with Crippen molar-refractivity contribution in [1.29, 1.82) is 0 Å². The lowest BCUT2D eigenvalue weighted by Gasteiger charge is -2.12. The summed E-state index contributed by atoms with van der Waals surface area (Å²) in [6, 6.07) is 10.8. The number of non-ortho nitro benzene ring substituents is 1. The van der Waals surface area contributed by atoms with Crippen molar-refractivity contribution in [3.8, 4) is 11.5 Å². The highest BCUT2D eigenvalue weighted by atomic mass is 19.3. The van der Waals surface area contributed by atoms with Crippen LogP contribution in [0.15, 0.2) is 42.5 Å². The van der Waals surface area contributed by atoms with Crippen LogP contribution in [0.4, 0.5) is 20.2 Å². The molecule has 2 rings (SSSR count). The molecule has 10 heteroatoms. The maximum atomic E-state index is 12.5. The maximum Gasteiger partial charge on any atom is 0.387 e. The molecule has 0 aliphatic rings. The van der Waals surface area contributed by atoms with Gasteiger partial charge < -0.3 is 20.1 Å². The Morgan fingerprint density at radius 1 is 1.13 bits per heavy atom. The Bertz CT molecular complexity index is 847. The molecule has 0 aliphatic heterocycles. The number of alkyl halides is 2. The minimum Gasteiger partial charge on any atom is -0.493 e. The average Bonchev–Trinajstić information content (AvgIpc) is 2.71. The third kappa shape index (κ3) is 7.53. The fourth-order valence-corrected chi connectivity index (χ4v) is 2.68. The number of amides is 1. The summed E-state index contributed by atoms with van der Waals surface area (Å²) in [7, 11) is 1.37. The normalized spacial score (nSPS) is 10.5. The van der Waals surface area contributed by atoms with Gasteiger partial charge in [0.1, 0.15) is 0 Å². The highest BCUT2D eigenvalue weighted by Crippen LogP contribution is 2.29. The van der Waals surface area contributed by atoms with Crippen molar-refractivity contribution in [2.75, 3.05) is 25.5 Å². The predicted octanol–water partition coefficient (Wildman–Crippen LogP) is 3.76. The van der Waals surface area contributed by atoms with Crippen LogP contribution >= 0.6 is 0 Å². The topological polar surface area (TPSA) is 103 Å². The summed E-state index contributed by atoms with van der Waals surface area (Å²) in [5.41, 5.74) is 1.48. The number of nitrogens with zero attached hydrogens (tertiary/aromatic N) is 1. The van der Waals surface area contributed by atoms with Crippen molar-refractivity contribution in [3.05, 3.63) is 58.1 Å². The number of nitrogens with one attached hydrogen (secondary N) is 2. The van der Waals surface area contributed by atoms with Crippen molar-refractivity contribution in [1.82, 2.24) is 5.32 Å². The fraction of sp³-hybridized carbons (Fsp3) is 0.350. The molecule has 0 saturated heterocycles. The van der Waals surface area contributed by atoms with E-state index in [1.54, 1.807) is 24.3 Å².